The lowest BCUT2D eigenvalue weighted by molar-refractivity contribution is 1.18. The lowest BCUT2D eigenvalue weighted by Crippen LogP contribution is -2.74. The molecule has 0 bridgehead atoms. The molecule has 2 nitrogen and oxygen atoms in total. The van der Waals surface area contributed by atoms with Crippen molar-refractivity contribution in [2.45, 2.75) is 0 Å². The molecule has 0 atom stereocenters. The van der Waals surface area contributed by atoms with Gasteiger partial charge in [-0.2, -0.15) is 0 Å². The Morgan fingerprint density at radius 2 is 0.932 bits per heavy atom. The van der Waals surface area contributed by atoms with Crippen molar-refractivity contribution in [3.05, 3.63) is 182 Å². The van der Waals surface area contributed by atoms with Crippen LogP contribution in [-0.2, 0) is 0 Å². The number of rotatable bonds is 6. The van der Waals surface area contributed by atoms with E-state index in [-0.39, 0.29) is 0 Å². The number of benzene rings is 6. The Bertz CT molecular complexity index is 2150. The largest absolute Gasteiger partial charge is 0.308 e. The van der Waals surface area contributed by atoms with Crippen LogP contribution in [0.25, 0.3) is 38.8 Å². The van der Waals surface area contributed by atoms with E-state index < -0.39 is 8.07 Å². The second-order valence-electron chi connectivity index (χ2n) is 11.2. The minimum atomic E-state index is -2.74. The number of nitrogens with zero attached hydrogens (tertiary/aromatic N) is 2. The maximum atomic E-state index is 4.94. The molecule has 0 N–H and O–H groups in total. The van der Waals surface area contributed by atoms with Crippen molar-refractivity contribution in [2.24, 2.45) is 0 Å². The van der Waals surface area contributed by atoms with Gasteiger partial charge in [0.05, 0.1) is 16.6 Å². The summed E-state index contributed by atoms with van der Waals surface area (Å²) in [6, 6.07) is 64.1. The van der Waals surface area contributed by atoms with Crippen LogP contribution in [-0.4, -0.2) is 17.6 Å². The highest BCUT2D eigenvalue weighted by molar-refractivity contribution is 7.20. The molecule has 0 radical (unpaired) electrons. The zero-order valence-corrected chi connectivity index (χ0v) is 25.2. The third-order valence-corrected chi connectivity index (χ3v) is 13.6. The lowest BCUT2D eigenvalue weighted by Gasteiger charge is -2.34. The molecule has 8 rings (SSSR count). The van der Waals surface area contributed by atoms with E-state index in [1.165, 1.54) is 37.3 Å². The first kappa shape index (κ1) is 26.1. The van der Waals surface area contributed by atoms with Crippen LogP contribution in [0, 0.1) is 0 Å². The van der Waals surface area contributed by atoms with Crippen LogP contribution in [0.15, 0.2) is 182 Å². The summed E-state index contributed by atoms with van der Waals surface area (Å²) in [6.07, 6.45) is 1.91. The molecule has 0 amide bonds. The molecule has 2 heterocycles. The standard InChI is InChI=1S/C41H30N2Si/c1-5-14-31(15-6-1)32-23-25-36(26-24-32)44(34-18-9-3-10-19-34,35-20-11-4-12-21-35)37-27-28-39-38(30-37)41-40(22-13-29-42-41)43(39)33-16-7-2-8-17-33/h1-30H. The first-order chi connectivity index (χ1) is 21.8. The summed E-state index contributed by atoms with van der Waals surface area (Å²) < 4.78 is 2.34. The molecule has 0 fully saturated rings. The maximum Gasteiger partial charge on any atom is 0.179 e. The van der Waals surface area contributed by atoms with Crippen LogP contribution in [0.5, 0.6) is 0 Å². The fourth-order valence-corrected chi connectivity index (χ4v) is 11.6. The Kier molecular flexibility index (Phi) is 6.51. The normalized spacial score (nSPS) is 11.6. The monoisotopic (exact) mass is 578 g/mol. The van der Waals surface area contributed by atoms with Gasteiger partial charge in [-0.15, -0.1) is 0 Å². The Balaban J connectivity index is 1.44. The van der Waals surface area contributed by atoms with Gasteiger partial charge in [0, 0.05) is 17.3 Å². The lowest BCUT2D eigenvalue weighted by atomic mass is 10.1. The highest BCUT2D eigenvalue weighted by Gasteiger charge is 2.41. The van der Waals surface area contributed by atoms with Gasteiger partial charge in [0.15, 0.2) is 8.07 Å². The molecule has 0 aliphatic rings. The molecule has 0 saturated carbocycles. The quantitative estimate of drug-likeness (QED) is 0.150. The predicted octanol–water partition coefficient (Wildman–Crippen LogP) is 7.22. The molecule has 6 aromatic carbocycles. The number of fused-ring (bicyclic) bond motifs is 3. The Hall–Kier alpha value is -5.51. The first-order valence-electron chi connectivity index (χ1n) is 15.1. The highest BCUT2D eigenvalue weighted by atomic mass is 28.3. The fraction of sp³-hybridized carbons (Fsp3) is 0. The molecule has 8 aromatic rings. The van der Waals surface area contributed by atoms with E-state index in [2.05, 4.69) is 174 Å². The van der Waals surface area contributed by atoms with Gasteiger partial charge in [0.2, 0.25) is 0 Å². The minimum Gasteiger partial charge on any atom is -0.308 e. The van der Waals surface area contributed by atoms with Crippen molar-refractivity contribution in [3.8, 4) is 16.8 Å². The number of pyridine rings is 1. The van der Waals surface area contributed by atoms with Gasteiger partial charge in [0.1, 0.15) is 0 Å². The third-order valence-electron chi connectivity index (χ3n) is 8.81. The zero-order valence-electron chi connectivity index (χ0n) is 24.2. The number of hydrogen-bond donors (Lipinski definition) is 0. The third kappa shape index (κ3) is 4.21. The Morgan fingerprint density at radius 1 is 0.409 bits per heavy atom. The first-order valence-corrected chi connectivity index (χ1v) is 17.1. The van der Waals surface area contributed by atoms with Crippen LogP contribution in [0.3, 0.4) is 0 Å². The molecule has 0 spiro atoms. The summed E-state index contributed by atoms with van der Waals surface area (Å²) in [7, 11) is -2.74. The zero-order chi connectivity index (χ0) is 29.3. The van der Waals surface area contributed by atoms with Crippen molar-refractivity contribution >= 4 is 50.8 Å². The van der Waals surface area contributed by atoms with Crippen LogP contribution < -0.4 is 20.7 Å². The number of hydrogen-bond acceptors (Lipinski definition) is 1. The van der Waals surface area contributed by atoms with Gasteiger partial charge in [-0.1, -0.05) is 146 Å². The van der Waals surface area contributed by atoms with Crippen molar-refractivity contribution in [1.29, 1.82) is 0 Å². The topological polar surface area (TPSA) is 17.8 Å². The molecule has 3 heteroatoms. The van der Waals surface area contributed by atoms with Crippen LogP contribution in [0.2, 0.25) is 0 Å². The second kappa shape index (κ2) is 11.0. The van der Waals surface area contributed by atoms with Gasteiger partial charge >= 0.3 is 0 Å². The molecule has 2 aromatic heterocycles. The van der Waals surface area contributed by atoms with E-state index in [0.29, 0.717) is 0 Å². The fourth-order valence-electron chi connectivity index (χ4n) is 6.84. The summed E-state index contributed by atoms with van der Waals surface area (Å²) in [5.74, 6) is 0. The molecule has 0 unspecified atom stereocenters. The summed E-state index contributed by atoms with van der Waals surface area (Å²) in [5, 5.41) is 6.59. The summed E-state index contributed by atoms with van der Waals surface area (Å²) in [6.45, 7) is 0. The van der Waals surface area contributed by atoms with Crippen molar-refractivity contribution in [3.63, 3.8) is 0 Å². The van der Waals surface area contributed by atoms with Gasteiger partial charge in [-0.3, -0.25) is 4.98 Å². The average molecular weight is 579 g/mol. The van der Waals surface area contributed by atoms with E-state index in [1.807, 2.05) is 12.3 Å². The molecule has 44 heavy (non-hydrogen) atoms. The van der Waals surface area contributed by atoms with Crippen molar-refractivity contribution < 1.29 is 0 Å². The van der Waals surface area contributed by atoms with E-state index in [1.54, 1.807) is 0 Å². The van der Waals surface area contributed by atoms with Crippen LogP contribution in [0.1, 0.15) is 0 Å². The molecule has 208 valence electrons. The average Bonchev–Trinajstić information content (AvgIpc) is 3.44. The van der Waals surface area contributed by atoms with E-state index >= 15 is 0 Å². The second-order valence-corrected chi connectivity index (χ2v) is 15.0. The van der Waals surface area contributed by atoms with Gasteiger partial charge in [-0.05, 0) is 62.2 Å². The number of aromatic nitrogens is 2. The van der Waals surface area contributed by atoms with Gasteiger partial charge in [-0.25, -0.2) is 0 Å². The van der Waals surface area contributed by atoms with Crippen molar-refractivity contribution in [2.75, 3.05) is 0 Å². The van der Waals surface area contributed by atoms with E-state index in [4.69, 9.17) is 4.98 Å². The molecular formula is C41H30N2Si. The van der Waals surface area contributed by atoms with Crippen molar-refractivity contribution in [1.82, 2.24) is 9.55 Å². The predicted molar refractivity (Wildman–Crippen MR) is 188 cm³/mol. The molecule has 0 aliphatic carbocycles. The van der Waals surface area contributed by atoms with Gasteiger partial charge in [0.25, 0.3) is 0 Å². The molecule has 0 aliphatic heterocycles. The Labute approximate surface area is 258 Å². The van der Waals surface area contributed by atoms with Gasteiger partial charge < -0.3 is 4.57 Å². The summed E-state index contributed by atoms with van der Waals surface area (Å²) in [4.78, 5) is 4.94. The smallest absolute Gasteiger partial charge is 0.179 e. The SMILES string of the molecule is c1ccc(-c2ccc([Si](c3ccccc3)(c3ccccc3)c3ccc4c(c3)c3ncccc3n4-c3ccccc3)cc2)cc1. The summed E-state index contributed by atoms with van der Waals surface area (Å²) >= 11 is 0. The summed E-state index contributed by atoms with van der Waals surface area (Å²) in [5.41, 5.74) is 6.90. The highest BCUT2D eigenvalue weighted by Crippen LogP contribution is 2.30. The van der Waals surface area contributed by atoms with Crippen LogP contribution >= 0.6 is 0 Å². The molecule has 0 saturated heterocycles. The van der Waals surface area contributed by atoms with E-state index in [0.717, 1.165) is 22.2 Å². The minimum absolute atomic E-state index is 1.02. The number of para-hydroxylation sites is 1. The Morgan fingerprint density at radius 3 is 1.57 bits per heavy atom. The van der Waals surface area contributed by atoms with E-state index in [9.17, 15) is 0 Å². The maximum absolute atomic E-state index is 4.94. The van der Waals surface area contributed by atoms with Crippen LogP contribution in [0.4, 0.5) is 0 Å². The molecular weight excluding hydrogens is 549 g/mol.